The molecule has 130 valence electrons. The van der Waals surface area contributed by atoms with Crippen molar-refractivity contribution < 1.29 is 22.5 Å². The molecule has 2 rings (SSSR count). The van der Waals surface area contributed by atoms with Crippen LogP contribution in [-0.2, 0) is 19.6 Å². The zero-order valence-electron chi connectivity index (χ0n) is 14.0. The summed E-state index contributed by atoms with van der Waals surface area (Å²) in [7, 11) is -3.87. The quantitative estimate of drug-likeness (QED) is 0.857. The van der Waals surface area contributed by atoms with Gasteiger partial charge in [-0.25, -0.2) is 8.42 Å². The number of hydrogen-bond donors (Lipinski definition) is 1. The van der Waals surface area contributed by atoms with Crippen molar-refractivity contribution in [3.8, 4) is 0 Å². The molecule has 23 heavy (non-hydrogen) atoms. The third-order valence-electron chi connectivity index (χ3n) is 3.67. The van der Waals surface area contributed by atoms with Gasteiger partial charge in [-0.05, 0) is 34.6 Å². The molecule has 1 aromatic rings. The minimum absolute atomic E-state index is 0.0131. The first-order valence-electron chi connectivity index (χ1n) is 7.51. The third-order valence-corrected chi connectivity index (χ3v) is 5.45. The number of sulfonamides is 1. The Hall–Kier alpha value is -1.45. The summed E-state index contributed by atoms with van der Waals surface area (Å²) in [5.41, 5.74) is 0.267. The van der Waals surface area contributed by atoms with Crippen LogP contribution in [0.15, 0.2) is 9.42 Å². The average Bonchev–Trinajstić information content (AvgIpc) is 2.76. The normalized spacial score (nSPS) is 23.8. The van der Waals surface area contributed by atoms with E-state index >= 15 is 0 Å². The number of aromatic nitrogens is 1. The minimum atomic E-state index is -3.87. The van der Waals surface area contributed by atoms with E-state index in [0.29, 0.717) is 13.1 Å². The lowest BCUT2D eigenvalue weighted by Crippen LogP contribution is -2.54. The minimum Gasteiger partial charge on any atom is -0.372 e. The standard InChI is InChI=1S/C14H23N3O5S/c1-8-6-17(7-9(2)21-8)14(18)11(4)16-23(19,20)13-10(3)15-22-12(13)5/h8-9,11,16H,6-7H2,1-5H3/t8?,9?,11-/m0/s1. The van der Waals surface area contributed by atoms with Gasteiger partial charge in [0.15, 0.2) is 5.76 Å². The van der Waals surface area contributed by atoms with Gasteiger partial charge in [0, 0.05) is 13.1 Å². The van der Waals surface area contributed by atoms with Crippen molar-refractivity contribution >= 4 is 15.9 Å². The molecule has 0 aliphatic carbocycles. The van der Waals surface area contributed by atoms with Crippen LogP contribution >= 0.6 is 0 Å². The predicted molar refractivity (Wildman–Crippen MR) is 82.3 cm³/mol. The summed E-state index contributed by atoms with van der Waals surface area (Å²) in [6.07, 6.45) is -0.150. The van der Waals surface area contributed by atoms with E-state index in [9.17, 15) is 13.2 Å². The van der Waals surface area contributed by atoms with Crippen LogP contribution in [0.1, 0.15) is 32.2 Å². The summed E-state index contributed by atoms with van der Waals surface area (Å²) in [6, 6.07) is -0.883. The van der Waals surface area contributed by atoms with Crippen LogP contribution in [0.4, 0.5) is 0 Å². The van der Waals surface area contributed by atoms with Crippen molar-refractivity contribution in [1.29, 1.82) is 0 Å². The SMILES string of the molecule is Cc1noc(C)c1S(=O)(=O)N[C@@H](C)C(=O)N1CC(C)OC(C)C1. The van der Waals surface area contributed by atoms with E-state index in [1.54, 1.807) is 11.8 Å². The first-order valence-corrected chi connectivity index (χ1v) is 8.99. The molecule has 2 heterocycles. The molecule has 0 aromatic carbocycles. The predicted octanol–water partition coefficient (Wildman–Crippen LogP) is 0.594. The van der Waals surface area contributed by atoms with Gasteiger partial charge in [-0.1, -0.05) is 5.16 Å². The van der Waals surface area contributed by atoms with Crippen LogP contribution in [0.3, 0.4) is 0 Å². The highest BCUT2D eigenvalue weighted by Crippen LogP contribution is 2.19. The highest BCUT2D eigenvalue weighted by Gasteiger charge is 2.32. The fraction of sp³-hybridized carbons (Fsp3) is 0.714. The van der Waals surface area contributed by atoms with E-state index in [-0.39, 0.29) is 34.5 Å². The van der Waals surface area contributed by atoms with Crippen molar-refractivity contribution in [1.82, 2.24) is 14.8 Å². The van der Waals surface area contributed by atoms with E-state index in [2.05, 4.69) is 9.88 Å². The van der Waals surface area contributed by atoms with Crippen LogP contribution in [0.5, 0.6) is 0 Å². The van der Waals surface area contributed by atoms with Gasteiger partial charge in [0.1, 0.15) is 10.6 Å². The fourth-order valence-corrected chi connectivity index (χ4v) is 4.36. The van der Waals surface area contributed by atoms with E-state index in [1.165, 1.54) is 13.8 Å². The highest BCUT2D eigenvalue weighted by atomic mass is 32.2. The zero-order chi connectivity index (χ0) is 17.4. The highest BCUT2D eigenvalue weighted by molar-refractivity contribution is 7.89. The Morgan fingerprint density at radius 3 is 2.35 bits per heavy atom. The smallest absolute Gasteiger partial charge is 0.246 e. The Morgan fingerprint density at radius 2 is 1.87 bits per heavy atom. The van der Waals surface area contributed by atoms with Crippen molar-refractivity contribution in [3.05, 3.63) is 11.5 Å². The number of aryl methyl sites for hydroxylation is 2. The zero-order valence-corrected chi connectivity index (χ0v) is 14.8. The lowest BCUT2D eigenvalue weighted by Gasteiger charge is -2.36. The molecule has 1 fully saturated rings. The van der Waals surface area contributed by atoms with Crippen LogP contribution in [-0.4, -0.2) is 55.7 Å². The van der Waals surface area contributed by atoms with E-state index in [4.69, 9.17) is 9.26 Å². The number of carbonyl (C=O) groups excluding carboxylic acids is 1. The van der Waals surface area contributed by atoms with Gasteiger partial charge in [-0.2, -0.15) is 4.72 Å². The van der Waals surface area contributed by atoms with E-state index in [1.807, 2.05) is 13.8 Å². The van der Waals surface area contributed by atoms with Crippen molar-refractivity contribution in [2.24, 2.45) is 0 Å². The largest absolute Gasteiger partial charge is 0.372 e. The molecule has 1 saturated heterocycles. The first-order chi connectivity index (χ1) is 10.6. The second-order valence-corrected chi connectivity index (χ2v) is 7.65. The number of morpholine rings is 1. The second-order valence-electron chi connectivity index (χ2n) is 6.00. The van der Waals surface area contributed by atoms with E-state index < -0.39 is 16.1 Å². The van der Waals surface area contributed by atoms with Gasteiger partial charge < -0.3 is 14.2 Å². The monoisotopic (exact) mass is 345 g/mol. The molecular formula is C14H23N3O5S. The van der Waals surface area contributed by atoms with Crippen LogP contribution in [0.25, 0.3) is 0 Å². The van der Waals surface area contributed by atoms with Gasteiger partial charge in [-0.15, -0.1) is 0 Å². The lowest BCUT2D eigenvalue weighted by molar-refractivity contribution is -0.144. The number of nitrogens with zero attached hydrogens (tertiary/aromatic N) is 2. The lowest BCUT2D eigenvalue weighted by atomic mass is 10.2. The summed E-state index contributed by atoms with van der Waals surface area (Å²) < 4.78 is 37.8. The summed E-state index contributed by atoms with van der Waals surface area (Å²) in [5.74, 6) is -0.0781. The molecule has 1 N–H and O–H groups in total. The molecule has 0 saturated carbocycles. The fourth-order valence-electron chi connectivity index (χ4n) is 2.83. The van der Waals surface area contributed by atoms with Crippen LogP contribution in [0.2, 0.25) is 0 Å². The van der Waals surface area contributed by atoms with Gasteiger partial charge in [0.25, 0.3) is 0 Å². The molecule has 1 aliphatic rings. The molecule has 1 amide bonds. The summed E-state index contributed by atoms with van der Waals surface area (Å²) in [5, 5.41) is 3.64. The third kappa shape index (κ3) is 3.91. The maximum Gasteiger partial charge on any atom is 0.246 e. The van der Waals surface area contributed by atoms with Crippen LogP contribution in [0, 0.1) is 13.8 Å². The van der Waals surface area contributed by atoms with Gasteiger partial charge in [-0.3, -0.25) is 4.79 Å². The number of hydrogen-bond acceptors (Lipinski definition) is 6. The molecule has 1 aromatic heterocycles. The Bertz CT molecular complexity index is 655. The second kappa shape index (κ2) is 6.58. The van der Waals surface area contributed by atoms with Crippen molar-refractivity contribution in [3.63, 3.8) is 0 Å². The summed E-state index contributed by atoms with van der Waals surface area (Å²) in [4.78, 5) is 14.1. The molecule has 1 aliphatic heterocycles. The molecule has 8 nitrogen and oxygen atoms in total. The van der Waals surface area contributed by atoms with Gasteiger partial charge in [0.05, 0.1) is 18.2 Å². The summed E-state index contributed by atoms with van der Waals surface area (Å²) in [6.45, 7) is 9.25. The number of nitrogens with one attached hydrogen (secondary N) is 1. The molecule has 3 atom stereocenters. The topological polar surface area (TPSA) is 102 Å². The first kappa shape index (κ1) is 17.9. The molecule has 2 unspecified atom stereocenters. The molecule has 0 radical (unpaired) electrons. The van der Waals surface area contributed by atoms with Crippen molar-refractivity contribution in [2.45, 2.75) is 57.8 Å². The Balaban J connectivity index is 2.12. The maximum atomic E-state index is 12.5. The number of ether oxygens (including phenoxy) is 1. The Kier molecular flexibility index (Phi) is 5.12. The Morgan fingerprint density at radius 1 is 1.30 bits per heavy atom. The van der Waals surface area contributed by atoms with Gasteiger partial charge in [0.2, 0.25) is 15.9 Å². The Labute approximate surface area is 136 Å². The number of carbonyl (C=O) groups is 1. The maximum absolute atomic E-state index is 12.5. The molecule has 9 heteroatoms. The van der Waals surface area contributed by atoms with Gasteiger partial charge >= 0.3 is 0 Å². The number of amides is 1. The van der Waals surface area contributed by atoms with Crippen molar-refractivity contribution in [2.75, 3.05) is 13.1 Å². The molecular weight excluding hydrogens is 322 g/mol. The number of rotatable bonds is 4. The molecule has 0 spiro atoms. The summed E-state index contributed by atoms with van der Waals surface area (Å²) >= 11 is 0. The van der Waals surface area contributed by atoms with E-state index in [0.717, 1.165) is 0 Å². The average molecular weight is 345 g/mol. The van der Waals surface area contributed by atoms with Crippen LogP contribution < -0.4 is 4.72 Å². The molecule has 0 bridgehead atoms.